The minimum absolute atomic E-state index is 0.0485. The zero-order chi connectivity index (χ0) is 30.0. The largest absolute Gasteiger partial charge is 0.475 e. The van der Waals surface area contributed by atoms with Crippen LogP contribution in [0, 0.1) is 23.2 Å². The number of amides is 2. The molecule has 4 rings (SSSR count). The van der Waals surface area contributed by atoms with Crippen molar-refractivity contribution in [2.24, 2.45) is 11.8 Å². The molecule has 2 amide bonds. The molecule has 12 heteroatoms. The van der Waals surface area contributed by atoms with Crippen molar-refractivity contribution in [3.05, 3.63) is 35.9 Å². The Morgan fingerprint density at radius 2 is 1.88 bits per heavy atom. The molecule has 2 unspecified atom stereocenters. The molecule has 0 spiro atoms. The van der Waals surface area contributed by atoms with E-state index in [4.69, 9.17) is 4.74 Å². The van der Waals surface area contributed by atoms with Crippen molar-refractivity contribution < 1.29 is 33.2 Å². The van der Waals surface area contributed by atoms with Crippen LogP contribution in [-0.4, -0.2) is 87.6 Å². The molecule has 0 aromatic heterocycles. The first-order chi connectivity index (χ1) is 19.3. The predicted molar refractivity (Wildman–Crippen MR) is 149 cm³/mol. The number of likely N-dealkylation sites (tertiary alicyclic amines) is 1. The lowest BCUT2D eigenvalue weighted by Crippen LogP contribution is -2.53. The first kappa shape index (κ1) is 31.2. The lowest BCUT2D eigenvalue weighted by atomic mass is 9.76. The van der Waals surface area contributed by atoms with E-state index in [1.165, 1.54) is 0 Å². The van der Waals surface area contributed by atoms with Crippen molar-refractivity contribution >= 4 is 19.1 Å². The van der Waals surface area contributed by atoms with Crippen LogP contribution in [0.4, 0.5) is 13.6 Å². The molecular weight excluding hydrogens is 533 g/mol. The highest BCUT2D eigenvalue weighted by Gasteiger charge is 2.56. The average Bonchev–Trinajstić information content (AvgIpc) is 3.58. The number of nitrogens with one attached hydrogen (secondary N) is 1. The SMILES string of the molecule is CC(CC(C)(C)N1CCC(F)(F)C1)C(C#N)C(=O)N1C2CCC1(COC(=O)N[C@@H](Cc1ccccc1)B(O)O)CC2. The molecule has 0 radical (unpaired) electrons. The van der Waals surface area contributed by atoms with Crippen LogP contribution < -0.4 is 5.32 Å². The molecule has 0 saturated carbocycles. The molecule has 3 aliphatic heterocycles. The van der Waals surface area contributed by atoms with Gasteiger partial charge in [-0.1, -0.05) is 37.3 Å². The summed E-state index contributed by atoms with van der Waals surface area (Å²) in [4.78, 5) is 30.0. The predicted octanol–water partition coefficient (Wildman–Crippen LogP) is 3.15. The van der Waals surface area contributed by atoms with Crippen molar-refractivity contribution in [2.75, 3.05) is 19.7 Å². The molecule has 3 heterocycles. The summed E-state index contributed by atoms with van der Waals surface area (Å²) in [5, 5.41) is 32.2. The molecule has 3 saturated heterocycles. The van der Waals surface area contributed by atoms with Gasteiger partial charge in [0.15, 0.2) is 0 Å². The standard InChI is InChI=1S/C29H41BF2N4O5/c1-20(16-27(2,3)35-14-13-29(31,32)18-35)23(17-33)25(37)36-22-9-11-28(36,12-10-22)19-41-26(38)34-24(30(39)40)15-21-7-5-4-6-8-21/h4-8,20,22-24,39-40H,9-16,18-19H2,1-3H3,(H,34,38)/t20?,22?,23?,24-,28?/m0/s1. The van der Waals surface area contributed by atoms with Gasteiger partial charge in [-0.15, -0.1) is 0 Å². The number of nitriles is 1. The van der Waals surface area contributed by atoms with E-state index in [2.05, 4.69) is 11.4 Å². The van der Waals surface area contributed by atoms with E-state index in [-0.39, 0.29) is 50.4 Å². The van der Waals surface area contributed by atoms with Gasteiger partial charge >= 0.3 is 13.2 Å². The Balaban J connectivity index is 1.38. The zero-order valence-electron chi connectivity index (χ0n) is 24.1. The maximum atomic E-state index is 13.9. The number of hydrogen-bond acceptors (Lipinski definition) is 7. The van der Waals surface area contributed by atoms with Gasteiger partial charge in [0, 0.05) is 24.5 Å². The monoisotopic (exact) mass is 574 g/mol. The maximum absolute atomic E-state index is 13.9. The smallest absolute Gasteiger partial charge is 0.447 e. The molecule has 1 aromatic carbocycles. The average molecular weight is 574 g/mol. The lowest BCUT2D eigenvalue weighted by Gasteiger charge is -2.40. The number of carbonyl (C=O) groups excluding carboxylic acids is 2. The van der Waals surface area contributed by atoms with Gasteiger partial charge in [-0.3, -0.25) is 9.69 Å². The molecule has 9 nitrogen and oxygen atoms in total. The molecule has 3 fully saturated rings. The Labute approximate surface area is 241 Å². The summed E-state index contributed by atoms with van der Waals surface area (Å²) in [6, 6.07) is 11.2. The van der Waals surface area contributed by atoms with Crippen LogP contribution in [0.5, 0.6) is 0 Å². The first-order valence-electron chi connectivity index (χ1n) is 14.5. The van der Waals surface area contributed by atoms with Crippen molar-refractivity contribution in [2.45, 2.75) is 94.7 Å². The quantitative estimate of drug-likeness (QED) is 0.347. The number of alkyl halides is 2. The Hall–Kier alpha value is -2.75. The van der Waals surface area contributed by atoms with E-state index in [9.17, 15) is 33.7 Å². The first-order valence-corrected chi connectivity index (χ1v) is 14.5. The van der Waals surface area contributed by atoms with Crippen LogP contribution in [0.25, 0.3) is 0 Å². The fraction of sp³-hybridized carbons (Fsp3) is 0.690. The summed E-state index contributed by atoms with van der Waals surface area (Å²) in [5.41, 5.74) is -0.521. The number of hydrogen-bond donors (Lipinski definition) is 3. The number of nitrogens with zero attached hydrogens (tertiary/aromatic N) is 3. The number of carbonyl (C=O) groups is 2. The van der Waals surface area contributed by atoms with Crippen LogP contribution in [0.1, 0.15) is 64.9 Å². The number of alkyl carbamates (subject to hydrolysis) is 1. The molecular formula is C29H41BF2N4O5. The van der Waals surface area contributed by atoms with Crippen LogP contribution in [0.15, 0.2) is 30.3 Å². The molecule has 0 aliphatic carbocycles. The summed E-state index contributed by atoms with van der Waals surface area (Å²) in [6.07, 6.45) is 2.34. The fourth-order valence-electron chi connectivity index (χ4n) is 7.01. The summed E-state index contributed by atoms with van der Waals surface area (Å²) >= 11 is 0. The van der Waals surface area contributed by atoms with E-state index < -0.39 is 42.1 Å². The number of rotatable bonds is 11. The third-order valence-corrected chi connectivity index (χ3v) is 9.25. The van der Waals surface area contributed by atoms with Gasteiger partial charge in [-0.2, -0.15) is 5.26 Å². The van der Waals surface area contributed by atoms with Gasteiger partial charge in [0.25, 0.3) is 5.92 Å². The summed E-state index contributed by atoms with van der Waals surface area (Å²) in [7, 11) is -1.80. The van der Waals surface area contributed by atoms with Crippen LogP contribution in [0.2, 0.25) is 0 Å². The summed E-state index contributed by atoms with van der Waals surface area (Å²) < 4.78 is 33.3. The third-order valence-electron chi connectivity index (χ3n) is 9.25. The van der Waals surface area contributed by atoms with Crippen LogP contribution in [0.3, 0.4) is 0 Å². The molecule has 3 N–H and O–H groups in total. The summed E-state index contributed by atoms with van der Waals surface area (Å²) in [6.45, 7) is 5.46. The van der Waals surface area contributed by atoms with E-state index in [0.717, 1.165) is 18.4 Å². The van der Waals surface area contributed by atoms with E-state index in [0.29, 0.717) is 19.3 Å². The van der Waals surface area contributed by atoms with Gasteiger partial charge < -0.3 is 25.0 Å². The van der Waals surface area contributed by atoms with Gasteiger partial charge in [0.1, 0.15) is 12.5 Å². The van der Waals surface area contributed by atoms with Crippen molar-refractivity contribution in [1.29, 1.82) is 5.26 Å². The Morgan fingerprint density at radius 3 is 2.44 bits per heavy atom. The molecule has 41 heavy (non-hydrogen) atoms. The van der Waals surface area contributed by atoms with Crippen molar-refractivity contribution in [3.8, 4) is 6.07 Å². The normalized spacial score (nSPS) is 25.8. The van der Waals surface area contributed by atoms with E-state index >= 15 is 0 Å². The highest BCUT2D eigenvalue weighted by Crippen LogP contribution is 2.48. The van der Waals surface area contributed by atoms with Gasteiger partial charge in [0.2, 0.25) is 5.91 Å². The highest BCUT2D eigenvalue weighted by molar-refractivity contribution is 6.43. The molecule has 1 aromatic rings. The van der Waals surface area contributed by atoms with Crippen molar-refractivity contribution in [3.63, 3.8) is 0 Å². The molecule has 3 aliphatic rings. The minimum atomic E-state index is -2.73. The van der Waals surface area contributed by atoms with Crippen LogP contribution in [-0.2, 0) is 16.0 Å². The topological polar surface area (TPSA) is 126 Å². The van der Waals surface area contributed by atoms with E-state index in [1.807, 2.05) is 51.1 Å². The van der Waals surface area contributed by atoms with Crippen molar-refractivity contribution in [1.82, 2.24) is 15.1 Å². The Bertz CT molecular complexity index is 1120. The second kappa shape index (κ2) is 12.2. The highest BCUT2D eigenvalue weighted by atomic mass is 19.3. The van der Waals surface area contributed by atoms with Gasteiger partial charge in [-0.25, -0.2) is 13.6 Å². The minimum Gasteiger partial charge on any atom is -0.447 e. The van der Waals surface area contributed by atoms with E-state index in [1.54, 1.807) is 9.80 Å². The van der Waals surface area contributed by atoms with Crippen LogP contribution >= 0.6 is 0 Å². The number of ether oxygens (including phenoxy) is 1. The number of fused-ring (bicyclic) bond motifs is 2. The zero-order valence-corrected chi connectivity index (χ0v) is 24.1. The number of halogens is 2. The molecule has 3 atom stereocenters. The maximum Gasteiger partial charge on any atom is 0.475 e. The molecule has 224 valence electrons. The van der Waals surface area contributed by atoms with Gasteiger partial charge in [-0.05, 0) is 63.9 Å². The summed E-state index contributed by atoms with van der Waals surface area (Å²) in [5.74, 6) is -5.34. The lowest BCUT2D eigenvalue weighted by molar-refractivity contribution is -0.141. The third kappa shape index (κ3) is 7.01. The Morgan fingerprint density at radius 1 is 1.22 bits per heavy atom. The second-order valence-corrected chi connectivity index (χ2v) is 12.7. The number of benzene rings is 1. The Kier molecular flexibility index (Phi) is 9.31. The second-order valence-electron chi connectivity index (χ2n) is 12.7. The molecule has 2 bridgehead atoms. The van der Waals surface area contributed by atoms with Gasteiger partial charge in [0.05, 0.1) is 24.1 Å². The fourth-order valence-corrected chi connectivity index (χ4v) is 7.01.